The van der Waals surface area contributed by atoms with Gasteiger partial charge >= 0.3 is 0 Å². The predicted molar refractivity (Wildman–Crippen MR) is 234 cm³/mol. The fourth-order valence-corrected chi connectivity index (χ4v) is 8.71. The maximum Gasteiger partial charge on any atom is 0.0716 e. The second-order valence-corrected chi connectivity index (χ2v) is 14.8. The minimum atomic E-state index is 0.0388. The van der Waals surface area contributed by atoms with Crippen LogP contribution in [-0.4, -0.2) is 14.1 Å². The number of allylic oxidation sites excluding steroid dienone is 6. The first-order valence-electron chi connectivity index (χ1n) is 19.5. The lowest BCUT2D eigenvalue weighted by Gasteiger charge is -2.23. The monoisotopic (exact) mass is 718 g/mol. The van der Waals surface area contributed by atoms with Crippen molar-refractivity contribution in [2.75, 3.05) is 0 Å². The molecule has 9 aromatic rings. The fraction of sp³-hybridized carbons (Fsp3) is 0.0577. The Balaban J connectivity index is 0.949. The van der Waals surface area contributed by atoms with Gasteiger partial charge in [0.25, 0.3) is 0 Å². The molecule has 3 aromatic heterocycles. The van der Waals surface area contributed by atoms with Crippen molar-refractivity contribution in [1.82, 2.24) is 19.4 Å². The van der Waals surface area contributed by atoms with Gasteiger partial charge in [-0.1, -0.05) is 115 Å². The lowest BCUT2D eigenvalue weighted by atomic mass is 10.00. The average molecular weight is 719 g/mol. The van der Waals surface area contributed by atoms with Crippen LogP contribution in [0.3, 0.4) is 0 Å². The summed E-state index contributed by atoms with van der Waals surface area (Å²) in [5, 5.41) is 8.78. The van der Waals surface area contributed by atoms with Crippen molar-refractivity contribution in [1.29, 1.82) is 0 Å². The first-order valence-corrected chi connectivity index (χ1v) is 19.5. The van der Waals surface area contributed by atoms with E-state index in [1.165, 1.54) is 66.0 Å². The number of aromatic nitrogens is 3. The molecule has 4 heteroatoms. The highest BCUT2D eigenvalue weighted by Crippen LogP contribution is 2.39. The van der Waals surface area contributed by atoms with E-state index in [0.717, 1.165) is 41.0 Å². The van der Waals surface area contributed by atoms with Crippen LogP contribution in [0.4, 0.5) is 0 Å². The highest BCUT2D eigenvalue weighted by atomic mass is 15.0. The molecule has 2 aliphatic rings. The first kappa shape index (κ1) is 32.3. The van der Waals surface area contributed by atoms with E-state index in [0.29, 0.717) is 0 Å². The standard InChI is InChI=1S/C52H38N4/c1-3-13-35(14-4-1)46-28-25-39(34-53-46)48-22-12-21-47(54-48)38-15-11-18-41(31-38)56-50-24-10-8-20-43(50)45-33-37(27-30-52(45)56)36-26-29-51-44(32-36)42-19-7-9-23-49(42)55(51)40-16-5-2-6-17-40/h2-3,5-34,48,54H,1,4H2. The molecule has 1 aliphatic carbocycles. The van der Waals surface area contributed by atoms with Crippen molar-refractivity contribution in [2.45, 2.75) is 18.9 Å². The van der Waals surface area contributed by atoms with E-state index in [1.807, 2.05) is 6.20 Å². The van der Waals surface area contributed by atoms with Crippen molar-refractivity contribution in [3.63, 3.8) is 0 Å². The summed E-state index contributed by atoms with van der Waals surface area (Å²) in [4.78, 5) is 4.83. The summed E-state index contributed by atoms with van der Waals surface area (Å²) in [6.07, 6.45) is 17.4. The zero-order valence-electron chi connectivity index (χ0n) is 30.8. The van der Waals surface area contributed by atoms with Crippen molar-refractivity contribution >= 4 is 54.9 Å². The summed E-state index contributed by atoms with van der Waals surface area (Å²) in [7, 11) is 0. The Bertz CT molecular complexity index is 3100. The second-order valence-electron chi connectivity index (χ2n) is 14.8. The number of pyridine rings is 1. The molecule has 6 aromatic carbocycles. The summed E-state index contributed by atoms with van der Waals surface area (Å²) in [5.74, 6) is 0. The summed E-state index contributed by atoms with van der Waals surface area (Å²) < 4.78 is 4.78. The Kier molecular flexibility index (Phi) is 7.66. The third kappa shape index (κ3) is 5.41. The van der Waals surface area contributed by atoms with E-state index in [1.54, 1.807) is 0 Å². The van der Waals surface area contributed by atoms with E-state index in [4.69, 9.17) is 4.98 Å². The lowest BCUT2D eigenvalue weighted by Crippen LogP contribution is -2.20. The number of dihydropyridines is 1. The Morgan fingerprint density at radius 2 is 1.20 bits per heavy atom. The SMILES string of the molecule is C1=CC(c2ccc(C3=CCCC=C3)nc2)NC(c2cccc(-n3c4ccccc4c4cc(-c5ccc6c(c5)c5ccccc5n6-c5ccccc5)ccc43)c2)=C1. The van der Waals surface area contributed by atoms with E-state index in [-0.39, 0.29) is 6.04 Å². The molecule has 0 amide bonds. The Hall–Kier alpha value is -7.17. The molecule has 1 atom stereocenters. The first-order chi connectivity index (χ1) is 27.8. The smallest absolute Gasteiger partial charge is 0.0716 e. The number of para-hydroxylation sites is 3. The van der Waals surface area contributed by atoms with Crippen molar-refractivity contribution in [3.8, 4) is 22.5 Å². The molecule has 0 saturated heterocycles. The van der Waals surface area contributed by atoms with Gasteiger partial charge in [-0.2, -0.15) is 0 Å². The number of benzene rings is 6. The normalized spacial score (nSPS) is 15.4. The Labute approximate surface area is 325 Å². The number of rotatable bonds is 6. The van der Waals surface area contributed by atoms with Gasteiger partial charge in [0.2, 0.25) is 0 Å². The van der Waals surface area contributed by atoms with E-state index >= 15 is 0 Å². The van der Waals surface area contributed by atoms with Gasteiger partial charge in [0.1, 0.15) is 0 Å². The molecule has 11 rings (SSSR count). The topological polar surface area (TPSA) is 34.8 Å². The maximum absolute atomic E-state index is 4.83. The third-order valence-corrected chi connectivity index (χ3v) is 11.4. The molecule has 1 unspecified atom stereocenters. The van der Waals surface area contributed by atoms with Crippen LogP contribution in [0.1, 0.15) is 35.7 Å². The van der Waals surface area contributed by atoms with Gasteiger partial charge < -0.3 is 14.5 Å². The largest absolute Gasteiger partial charge is 0.374 e. The molecule has 1 N–H and O–H groups in total. The van der Waals surface area contributed by atoms with Gasteiger partial charge in [-0.25, -0.2) is 0 Å². The van der Waals surface area contributed by atoms with Gasteiger partial charge in [-0.15, -0.1) is 0 Å². The molecule has 56 heavy (non-hydrogen) atoms. The molecule has 0 saturated carbocycles. The minimum Gasteiger partial charge on any atom is -0.374 e. The van der Waals surface area contributed by atoms with Crippen LogP contribution in [0.25, 0.3) is 77.4 Å². The van der Waals surface area contributed by atoms with Crippen LogP contribution in [0.2, 0.25) is 0 Å². The van der Waals surface area contributed by atoms with Gasteiger partial charge in [-0.05, 0) is 113 Å². The zero-order valence-corrected chi connectivity index (χ0v) is 30.8. The van der Waals surface area contributed by atoms with Gasteiger partial charge in [0.05, 0.1) is 33.8 Å². The second kappa shape index (κ2) is 13.3. The zero-order chi connectivity index (χ0) is 37.0. The van der Waals surface area contributed by atoms with Crippen LogP contribution in [-0.2, 0) is 0 Å². The average Bonchev–Trinajstić information content (AvgIpc) is 3.79. The molecule has 4 heterocycles. The number of hydrogen-bond donors (Lipinski definition) is 1. The van der Waals surface area contributed by atoms with Crippen LogP contribution >= 0.6 is 0 Å². The van der Waals surface area contributed by atoms with Crippen molar-refractivity contribution in [3.05, 3.63) is 211 Å². The maximum atomic E-state index is 4.83. The minimum absolute atomic E-state index is 0.0388. The van der Waals surface area contributed by atoms with Crippen LogP contribution in [0.5, 0.6) is 0 Å². The highest BCUT2D eigenvalue weighted by Gasteiger charge is 2.18. The van der Waals surface area contributed by atoms with Crippen LogP contribution in [0.15, 0.2) is 194 Å². The van der Waals surface area contributed by atoms with Crippen LogP contribution < -0.4 is 5.32 Å². The molecule has 0 spiro atoms. The molecule has 0 fully saturated rings. The molecule has 266 valence electrons. The van der Waals surface area contributed by atoms with E-state index in [2.05, 4.69) is 203 Å². The molecule has 0 bridgehead atoms. The summed E-state index contributed by atoms with van der Waals surface area (Å²) in [5.41, 5.74) is 15.1. The number of fused-ring (bicyclic) bond motifs is 6. The number of hydrogen-bond acceptors (Lipinski definition) is 2. The summed E-state index contributed by atoms with van der Waals surface area (Å²) >= 11 is 0. The molecular weight excluding hydrogens is 681 g/mol. The van der Waals surface area contributed by atoms with Crippen molar-refractivity contribution < 1.29 is 0 Å². The van der Waals surface area contributed by atoms with E-state index < -0.39 is 0 Å². The Morgan fingerprint density at radius 1 is 0.536 bits per heavy atom. The van der Waals surface area contributed by atoms with E-state index in [9.17, 15) is 0 Å². The molecule has 1 aliphatic heterocycles. The fourth-order valence-electron chi connectivity index (χ4n) is 8.71. The molecule has 4 nitrogen and oxygen atoms in total. The van der Waals surface area contributed by atoms with Crippen molar-refractivity contribution in [2.24, 2.45) is 0 Å². The number of nitrogens with zero attached hydrogens (tertiary/aromatic N) is 3. The summed E-state index contributed by atoms with van der Waals surface area (Å²) in [6.45, 7) is 0. The lowest BCUT2D eigenvalue weighted by molar-refractivity contribution is 0.759. The van der Waals surface area contributed by atoms with Crippen LogP contribution in [0, 0.1) is 0 Å². The highest BCUT2D eigenvalue weighted by molar-refractivity contribution is 6.12. The molecule has 0 radical (unpaired) electrons. The molecular formula is C52H38N4. The number of nitrogens with one attached hydrogen (secondary N) is 1. The third-order valence-electron chi connectivity index (χ3n) is 11.4. The predicted octanol–water partition coefficient (Wildman–Crippen LogP) is 12.9. The van der Waals surface area contributed by atoms with Gasteiger partial charge in [0, 0.05) is 44.8 Å². The van der Waals surface area contributed by atoms with Gasteiger partial charge in [-0.3, -0.25) is 4.98 Å². The quantitative estimate of drug-likeness (QED) is 0.186. The van der Waals surface area contributed by atoms with Gasteiger partial charge in [0.15, 0.2) is 0 Å². The Morgan fingerprint density at radius 3 is 1.88 bits per heavy atom. The summed E-state index contributed by atoms with van der Waals surface area (Å²) in [6, 6.07) is 55.3.